The van der Waals surface area contributed by atoms with Crippen molar-refractivity contribution in [3.63, 3.8) is 0 Å². The zero-order valence-corrected chi connectivity index (χ0v) is 38.6. The van der Waals surface area contributed by atoms with E-state index >= 15 is 0 Å². The number of fused-ring (bicyclic) bond motifs is 1. The average molecular weight is 928 g/mol. The van der Waals surface area contributed by atoms with Gasteiger partial charge in [0.05, 0.1) is 26.6 Å². The smallest absolute Gasteiger partial charge is 0.246 e. The minimum Gasteiger partial charge on any atom is -0.333 e. The highest BCUT2D eigenvalue weighted by Gasteiger charge is 2.38. The van der Waals surface area contributed by atoms with E-state index in [0.29, 0.717) is 25.2 Å². The third-order valence-electron chi connectivity index (χ3n) is 12.6. The molecule has 4 aromatic carbocycles. The molecule has 3 aromatic heterocycles. The third kappa shape index (κ3) is 8.49. The predicted octanol–water partition coefficient (Wildman–Crippen LogP) is 13.1. The normalized spacial score (nSPS) is 18.7. The molecule has 0 spiro atoms. The first-order chi connectivity index (χ1) is 31.8. The number of carbonyl (C=O) groups excluding carboxylic acids is 2. The zero-order chi connectivity index (χ0) is 44.6. The summed E-state index contributed by atoms with van der Waals surface area (Å²) in [7, 11) is -1.12. The van der Waals surface area contributed by atoms with Gasteiger partial charge < -0.3 is 4.90 Å². The number of nitrogens with zero attached hydrogens (tertiary/aromatic N) is 4. The fraction of sp³-hybridized carbons (Fsp3) is 0.127. The van der Waals surface area contributed by atoms with Crippen molar-refractivity contribution in [2.24, 2.45) is 0 Å². The van der Waals surface area contributed by atoms with Crippen molar-refractivity contribution in [2.45, 2.75) is 23.3 Å². The van der Waals surface area contributed by atoms with E-state index in [0.717, 1.165) is 83.3 Å². The Morgan fingerprint density at radius 2 is 1.37 bits per heavy atom. The molecule has 3 atom stereocenters. The summed E-state index contributed by atoms with van der Waals surface area (Å²) >= 11 is 15.5. The van der Waals surface area contributed by atoms with Gasteiger partial charge in [-0.05, 0) is 91.2 Å². The molecular formula is C55H44Cl2N4O2S2. The molecule has 1 unspecified atom stereocenters. The number of hydrogen-bond acceptors (Lipinski definition) is 6. The zero-order valence-electron chi connectivity index (χ0n) is 35.4. The number of allylic oxidation sites excluding steroid dienone is 1. The molecule has 0 bridgehead atoms. The van der Waals surface area contributed by atoms with Crippen molar-refractivity contribution in [3.8, 4) is 44.8 Å². The highest BCUT2D eigenvalue weighted by atomic mass is 35.5. The lowest BCUT2D eigenvalue weighted by Gasteiger charge is -2.37. The molecule has 10 rings (SSSR count). The summed E-state index contributed by atoms with van der Waals surface area (Å²) in [5.74, 6) is -0.145. The summed E-state index contributed by atoms with van der Waals surface area (Å²) in [5, 5.41) is 0. The van der Waals surface area contributed by atoms with Gasteiger partial charge in [-0.15, -0.1) is 11.3 Å². The lowest BCUT2D eigenvalue weighted by atomic mass is 9.83. The number of amides is 1. The van der Waals surface area contributed by atoms with E-state index in [1.807, 2.05) is 35.5 Å². The highest BCUT2D eigenvalue weighted by Crippen LogP contribution is 2.61. The number of halogens is 2. The number of thiol groups is 1. The number of aldehydes is 1. The maximum atomic E-state index is 13.5. The van der Waals surface area contributed by atoms with Crippen LogP contribution in [0.4, 0.5) is 0 Å². The van der Waals surface area contributed by atoms with Crippen LogP contribution in [-0.2, 0) is 16.1 Å². The van der Waals surface area contributed by atoms with Gasteiger partial charge in [0.1, 0.15) is 6.29 Å². The van der Waals surface area contributed by atoms with Crippen molar-refractivity contribution in [2.75, 3.05) is 26.2 Å². The standard InChI is InChI=1S/C55H44Cl2N4O2S2/c1-3-55(63)61-31-48(44-19-10-8-17-42(44)38-20-22-49(58-27-38)36-12-5-4-6-13-36)46-26-54(57)65(52(46)33-61)40-15-11-14-37(24-40)50-23-21-39(28-59-50)41-16-7-9-18-43(41)47-30-60(29-35(2)34-62)32-51-45(47)25-53(56)64-51/h3-28,34,47-48,65H,1-2,29-33H2/t47-,48+/m1/s1. The van der Waals surface area contributed by atoms with Crippen LogP contribution >= 0.6 is 45.4 Å². The predicted molar refractivity (Wildman–Crippen MR) is 270 cm³/mol. The van der Waals surface area contributed by atoms with Crippen LogP contribution in [0, 0.1) is 0 Å². The summed E-state index contributed by atoms with van der Waals surface area (Å²) in [4.78, 5) is 42.6. The molecule has 322 valence electrons. The minimum atomic E-state index is -1.12. The van der Waals surface area contributed by atoms with Crippen LogP contribution in [0.5, 0.6) is 0 Å². The molecule has 1 amide bonds. The Morgan fingerprint density at radius 3 is 2.03 bits per heavy atom. The molecule has 0 aliphatic carbocycles. The van der Waals surface area contributed by atoms with E-state index in [2.05, 4.69) is 139 Å². The van der Waals surface area contributed by atoms with Crippen molar-refractivity contribution < 1.29 is 9.59 Å². The van der Waals surface area contributed by atoms with Gasteiger partial charge in [-0.3, -0.25) is 24.5 Å². The van der Waals surface area contributed by atoms with Gasteiger partial charge in [0, 0.05) is 77.5 Å². The molecular weight excluding hydrogens is 884 g/mol. The lowest BCUT2D eigenvalue weighted by Crippen LogP contribution is -2.39. The number of aromatic nitrogens is 2. The van der Waals surface area contributed by atoms with E-state index in [1.165, 1.54) is 32.6 Å². The van der Waals surface area contributed by atoms with Crippen molar-refractivity contribution >= 4 is 57.6 Å². The van der Waals surface area contributed by atoms with E-state index in [-0.39, 0.29) is 17.7 Å². The van der Waals surface area contributed by atoms with Crippen molar-refractivity contribution in [1.29, 1.82) is 0 Å². The van der Waals surface area contributed by atoms with Gasteiger partial charge in [0.25, 0.3) is 0 Å². The first-order valence-corrected chi connectivity index (χ1v) is 24.4. The minimum absolute atomic E-state index is 0.0641. The molecule has 6 heterocycles. The van der Waals surface area contributed by atoms with Crippen LogP contribution in [-0.4, -0.2) is 58.1 Å². The number of carbonyl (C=O) groups is 2. The van der Waals surface area contributed by atoms with Crippen LogP contribution in [0.15, 0.2) is 196 Å². The maximum Gasteiger partial charge on any atom is 0.246 e. The first-order valence-electron chi connectivity index (χ1n) is 21.5. The Kier molecular flexibility index (Phi) is 12.1. The van der Waals surface area contributed by atoms with Gasteiger partial charge in [0.15, 0.2) is 0 Å². The van der Waals surface area contributed by atoms with E-state index < -0.39 is 10.9 Å². The Morgan fingerprint density at radius 1 is 0.723 bits per heavy atom. The number of rotatable bonds is 11. The summed E-state index contributed by atoms with van der Waals surface area (Å²) in [5.41, 5.74) is 13.3. The first kappa shape index (κ1) is 42.8. The van der Waals surface area contributed by atoms with Gasteiger partial charge in [-0.1, -0.05) is 139 Å². The van der Waals surface area contributed by atoms with Gasteiger partial charge >= 0.3 is 0 Å². The van der Waals surface area contributed by atoms with E-state index in [4.69, 9.17) is 33.2 Å². The second-order valence-corrected chi connectivity index (χ2v) is 21.2. The van der Waals surface area contributed by atoms with E-state index in [1.54, 1.807) is 11.3 Å². The molecule has 0 fully saturated rings. The molecule has 0 radical (unpaired) electrons. The molecule has 7 aromatic rings. The molecule has 6 nitrogen and oxygen atoms in total. The lowest BCUT2D eigenvalue weighted by molar-refractivity contribution is -0.125. The van der Waals surface area contributed by atoms with Crippen LogP contribution in [0.3, 0.4) is 0 Å². The number of pyridine rings is 2. The molecule has 0 saturated heterocycles. The van der Waals surface area contributed by atoms with Crippen LogP contribution in [0.25, 0.3) is 44.8 Å². The monoisotopic (exact) mass is 926 g/mol. The molecule has 3 aliphatic rings. The van der Waals surface area contributed by atoms with Gasteiger partial charge in [0.2, 0.25) is 5.91 Å². The fourth-order valence-electron chi connectivity index (χ4n) is 9.55. The summed E-state index contributed by atoms with van der Waals surface area (Å²) < 4.78 is 1.55. The van der Waals surface area contributed by atoms with E-state index in [9.17, 15) is 9.59 Å². The van der Waals surface area contributed by atoms with Crippen molar-refractivity contribution in [3.05, 3.63) is 217 Å². The topological polar surface area (TPSA) is 66.4 Å². The Bertz CT molecular complexity index is 3050. The second kappa shape index (κ2) is 18.4. The highest BCUT2D eigenvalue weighted by molar-refractivity contribution is 8.25. The summed E-state index contributed by atoms with van der Waals surface area (Å²) in [6.45, 7) is 10.8. The molecule has 0 N–H and O–H groups in total. The average Bonchev–Trinajstić information content (AvgIpc) is 3.91. The van der Waals surface area contributed by atoms with Crippen LogP contribution < -0.4 is 0 Å². The third-order valence-corrected chi connectivity index (χ3v) is 16.7. The number of benzene rings is 4. The molecule has 10 heteroatoms. The molecule has 3 aliphatic heterocycles. The Balaban J connectivity index is 0.958. The van der Waals surface area contributed by atoms with Gasteiger partial charge in [-0.2, -0.15) is 10.9 Å². The summed E-state index contributed by atoms with van der Waals surface area (Å²) in [6.07, 6.45) is 8.31. The van der Waals surface area contributed by atoms with Crippen molar-refractivity contribution in [1.82, 2.24) is 19.8 Å². The van der Waals surface area contributed by atoms with Crippen LogP contribution in [0.2, 0.25) is 4.34 Å². The molecule has 65 heavy (non-hydrogen) atoms. The van der Waals surface area contributed by atoms with Crippen LogP contribution in [0.1, 0.15) is 33.4 Å². The second-order valence-electron chi connectivity index (χ2n) is 16.6. The number of thiophene rings is 1. The SMILES string of the molecule is C=CC(=O)N1CC2=C(C=C(Cl)[SH]2c2cccc(-c3ccc(-c4ccccc4[C@H]4CN(CC(=C)C=O)Cc5sc(Cl)cc54)cn3)c2)[C@H](c2ccccc2-c2ccc(-c3ccccc3)nc2)C1. The Hall–Kier alpha value is -6.13. The Labute approximate surface area is 396 Å². The largest absolute Gasteiger partial charge is 0.333 e. The quantitative estimate of drug-likeness (QED) is 0.0795. The fourth-order valence-corrected chi connectivity index (χ4v) is 14.0. The number of hydrogen-bond donors (Lipinski definition) is 1. The molecule has 0 saturated carbocycles. The summed E-state index contributed by atoms with van der Waals surface area (Å²) in [6, 6.07) is 46.1. The maximum absolute atomic E-state index is 13.5. The van der Waals surface area contributed by atoms with Gasteiger partial charge in [-0.25, -0.2) is 0 Å².